The number of hydrogen-bond acceptors (Lipinski definition) is 3. The Kier molecular flexibility index (Phi) is 2.48. The molecule has 1 N–H and O–H groups in total. The lowest BCUT2D eigenvalue weighted by atomic mass is 10.0. The van der Waals surface area contributed by atoms with Crippen LogP contribution in [-0.4, -0.2) is 14.9 Å². The minimum Gasteiger partial charge on any atom is -0.505 e. The smallest absolute Gasteiger partial charge is 0.278 e. The van der Waals surface area contributed by atoms with Gasteiger partial charge in [-0.25, -0.2) is 4.68 Å². The molecular formula is C12H12N2O2. The Bertz CT molecular complexity index is 588. The molecule has 16 heavy (non-hydrogen) atoms. The Morgan fingerprint density at radius 2 is 2.00 bits per heavy atom. The average molecular weight is 216 g/mol. The van der Waals surface area contributed by atoms with Gasteiger partial charge in [-0.15, -0.1) is 0 Å². The molecule has 0 amide bonds. The third kappa shape index (κ3) is 1.58. The number of aromatic hydroxyl groups is 1. The van der Waals surface area contributed by atoms with Crippen molar-refractivity contribution in [3.63, 3.8) is 0 Å². The fourth-order valence-corrected chi connectivity index (χ4v) is 1.64. The first kappa shape index (κ1) is 10.4. The van der Waals surface area contributed by atoms with E-state index in [0.29, 0.717) is 5.56 Å². The van der Waals surface area contributed by atoms with Crippen molar-refractivity contribution in [1.82, 2.24) is 9.78 Å². The lowest BCUT2D eigenvalue weighted by Crippen LogP contribution is -2.21. The van der Waals surface area contributed by atoms with Crippen molar-refractivity contribution >= 4 is 0 Å². The fraction of sp³-hybridized carbons (Fsp3) is 0.167. The van der Waals surface area contributed by atoms with Gasteiger partial charge in [0.2, 0.25) is 0 Å². The highest BCUT2D eigenvalue weighted by atomic mass is 16.3. The van der Waals surface area contributed by atoms with Crippen molar-refractivity contribution in [2.24, 2.45) is 7.05 Å². The van der Waals surface area contributed by atoms with Gasteiger partial charge in [0.25, 0.3) is 5.56 Å². The summed E-state index contributed by atoms with van der Waals surface area (Å²) < 4.78 is 1.21. The molecule has 0 spiro atoms. The van der Waals surface area contributed by atoms with E-state index in [4.69, 9.17) is 0 Å². The molecule has 2 aromatic rings. The summed E-state index contributed by atoms with van der Waals surface area (Å²) in [6.07, 6.45) is 1.28. The van der Waals surface area contributed by atoms with Crippen molar-refractivity contribution in [1.29, 1.82) is 0 Å². The molecule has 0 fully saturated rings. The summed E-state index contributed by atoms with van der Waals surface area (Å²) in [6, 6.07) is 7.43. The summed E-state index contributed by atoms with van der Waals surface area (Å²) in [5.41, 5.74) is 1.69. The van der Waals surface area contributed by atoms with E-state index in [0.717, 1.165) is 11.1 Å². The van der Waals surface area contributed by atoms with Crippen molar-refractivity contribution in [3.05, 3.63) is 46.4 Å². The molecule has 4 nitrogen and oxygen atoms in total. The zero-order valence-corrected chi connectivity index (χ0v) is 9.14. The van der Waals surface area contributed by atoms with E-state index < -0.39 is 0 Å². The van der Waals surface area contributed by atoms with Gasteiger partial charge in [-0.05, 0) is 18.1 Å². The second-order valence-electron chi connectivity index (χ2n) is 3.65. The summed E-state index contributed by atoms with van der Waals surface area (Å²) in [7, 11) is 1.56. The third-order valence-electron chi connectivity index (χ3n) is 2.53. The molecule has 0 saturated carbocycles. The van der Waals surface area contributed by atoms with Gasteiger partial charge in [0.1, 0.15) is 5.75 Å². The van der Waals surface area contributed by atoms with Crippen LogP contribution in [0.4, 0.5) is 0 Å². The molecule has 0 atom stereocenters. The summed E-state index contributed by atoms with van der Waals surface area (Å²) in [5, 5.41) is 13.5. The Labute approximate surface area is 92.8 Å². The predicted molar refractivity (Wildman–Crippen MR) is 61.3 cm³/mol. The van der Waals surface area contributed by atoms with Crippen molar-refractivity contribution in [3.8, 4) is 16.9 Å². The summed E-state index contributed by atoms with van der Waals surface area (Å²) >= 11 is 0. The van der Waals surface area contributed by atoms with Crippen LogP contribution >= 0.6 is 0 Å². The lowest BCUT2D eigenvalue weighted by molar-refractivity contribution is 0.467. The van der Waals surface area contributed by atoms with Crippen molar-refractivity contribution < 1.29 is 5.11 Å². The van der Waals surface area contributed by atoms with Gasteiger partial charge in [0.15, 0.2) is 0 Å². The third-order valence-corrected chi connectivity index (χ3v) is 2.53. The van der Waals surface area contributed by atoms with Crippen molar-refractivity contribution in [2.45, 2.75) is 6.92 Å². The van der Waals surface area contributed by atoms with Gasteiger partial charge in [0.05, 0.1) is 11.8 Å². The number of rotatable bonds is 1. The van der Waals surface area contributed by atoms with Crippen LogP contribution in [0.2, 0.25) is 0 Å². The Hall–Kier alpha value is -2.10. The fourth-order valence-electron chi connectivity index (χ4n) is 1.64. The summed E-state index contributed by atoms with van der Waals surface area (Å²) in [5.74, 6) is -0.0857. The Morgan fingerprint density at radius 3 is 2.69 bits per heavy atom. The van der Waals surface area contributed by atoms with E-state index in [1.165, 1.54) is 10.9 Å². The zero-order chi connectivity index (χ0) is 11.7. The molecule has 1 aromatic heterocycles. The number of benzene rings is 1. The largest absolute Gasteiger partial charge is 0.505 e. The molecule has 0 aliphatic heterocycles. The highest BCUT2D eigenvalue weighted by Gasteiger charge is 2.12. The molecule has 0 unspecified atom stereocenters. The minimum absolute atomic E-state index is 0.0857. The van der Waals surface area contributed by atoms with Crippen LogP contribution in [0.3, 0.4) is 0 Å². The molecule has 0 radical (unpaired) electrons. The van der Waals surface area contributed by atoms with E-state index in [1.807, 2.05) is 31.2 Å². The average Bonchev–Trinajstić information content (AvgIpc) is 2.27. The molecule has 1 heterocycles. The van der Waals surface area contributed by atoms with Gasteiger partial charge in [-0.3, -0.25) is 4.79 Å². The maximum Gasteiger partial charge on any atom is 0.278 e. The first-order valence-corrected chi connectivity index (χ1v) is 4.92. The Morgan fingerprint density at radius 1 is 1.31 bits per heavy atom. The van der Waals surface area contributed by atoms with E-state index in [1.54, 1.807) is 7.05 Å². The first-order valence-electron chi connectivity index (χ1n) is 4.92. The summed E-state index contributed by atoms with van der Waals surface area (Å²) in [6.45, 7) is 1.90. The first-order chi connectivity index (χ1) is 7.61. The Balaban J connectivity index is 2.79. The van der Waals surface area contributed by atoms with Gasteiger partial charge >= 0.3 is 0 Å². The van der Waals surface area contributed by atoms with Gasteiger partial charge < -0.3 is 5.11 Å². The van der Waals surface area contributed by atoms with Crippen LogP contribution in [0.5, 0.6) is 5.75 Å². The van der Waals surface area contributed by atoms with Crippen molar-refractivity contribution in [2.75, 3.05) is 0 Å². The van der Waals surface area contributed by atoms with Crippen LogP contribution in [0.25, 0.3) is 11.1 Å². The van der Waals surface area contributed by atoms with Gasteiger partial charge in [0, 0.05) is 7.05 Å². The molecule has 1 aromatic carbocycles. The zero-order valence-electron chi connectivity index (χ0n) is 9.14. The molecule has 4 heteroatoms. The van der Waals surface area contributed by atoms with E-state index >= 15 is 0 Å². The molecule has 0 aliphatic rings. The van der Waals surface area contributed by atoms with E-state index in [9.17, 15) is 9.90 Å². The lowest BCUT2D eigenvalue weighted by Gasteiger charge is -2.07. The van der Waals surface area contributed by atoms with Crippen LogP contribution < -0.4 is 5.56 Å². The standard InChI is InChI=1S/C12H12N2O2/c1-8-5-3-4-6-9(8)11-10(15)7-13-14(2)12(11)16/h3-7,15H,1-2H3. The van der Waals surface area contributed by atoms with Crippen LogP contribution in [0, 0.1) is 6.92 Å². The molecule has 82 valence electrons. The quantitative estimate of drug-likeness (QED) is 0.785. The highest BCUT2D eigenvalue weighted by Crippen LogP contribution is 2.26. The normalized spacial score (nSPS) is 10.4. The molecule has 0 aliphatic carbocycles. The second kappa shape index (κ2) is 3.81. The number of aromatic nitrogens is 2. The number of nitrogens with zero attached hydrogens (tertiary/aromatic N) is 2. The maximum atomic E-state index is 11.9. The maximum absolute atomic E-state index is 11.9. The van der Waals surface area contributed by atoms with E-state index in [2.05, 4.69) is 5.10 Å². The predicted octanol–water partition coefficient (Wildman–Crippen LogP) is 1.46. The molecule has 0 bridgehead atoms. The summed E-state index contributed by atoms with van der Waals surface area (Å²) in [4.78, 5) is 11.9. The van der Waals surface area contributed by atoms with E-state index in [-0.39, 0.29) is 11.3 Å². The monoisotopic (exact) mass is 216 g/mol. The van der Waals surface area contributed by atoms with Crippen LogP contribution in [0.1, 0.15) is 5.56 Å². The number of aryl methyl sites for hydroxylation is 2. The van der Waals surface area contributed by atoms with Crippen LogP contribution in [0.15, 0.2) is 35.3 Å². The highest BCUT2D eigenvalue weighted by molar-refractivity contribution is 5.71. The molecular weight excluding hydrogens is 204 g/mol. The number of hydrogen-bond donors (Lipinski definition) is 1. The van der Waals surface area contributed by atoms with Gasteiger partial charge in [-0.2, -0.15) is 5.10 Å². The minimum atomic E-state index is -0.297. The topological polar surface area (TPSA) is 55.1 Å². The second-order valence-corrected chi connectivity index (χ2v) is 3.65. The van der Waals surface area contributed by atoms with Crippen LogP contribution in [-0.2, 0) is 7.05 Å². The molecule has 0 saturated heterocycles. The van der Waals surface area contributed by atoms with Gasteiger partial charge in [-0.1, -0.05) is 24.3 Å². The SMILES string of the molecule is Cc1ccccc1-c1c(O)cnn(C)c1=O. The molecule has 2 rings (SSSR count).